The smallest absolute Gasteiger partial charge is 0.317 e. The number of furan rings is 1. The molecule has 0 saturated heterocycles. The van der Waals surface area contributed by atoms with Crippen LogP contribution >= 0.6 is 0 Å². The number of carbonyl (C=O) groups excluding carboxylic acids is 1. The van der Waals surface area contributed by atoms with E-state index in [4.69, 9.17) is 9.52 Å². The summed E-state index contributed by atoms with van der Waals surface area (Å²) in [5, 5.41) is 12.3. The van der Waals surface area contributed by atoms with Crippen LogP contribution in [-0.2, 0) is 0 Å². The summed E-state index contributed by atoms with van der Waals surface area (Å²) < 4.78 is 19.0. The Hall–Kier alpha value is -2.08. The molecule has 0 spiro atoms. The van der Waals surface area contributed by atoms with Crippen molar-refractivity contribution in [3.8, 4) is 0 Å². The minimum Gasteiger partial charge on any atom is -0.459 e. The third-order valence-electron chi connectivity index (χ3n) is 3.45. The number of hydrogen-bond acceptors (Lipinski definition) is 3. The van der Waals surface area contributed by atoms with Gasteiger partial charge in [0.25, 0.3) is 0 Å². The lowest BCUT2D eigenvalue weighted by Gasteiger charge is -2.19. The number of urea groups is 1. The fourth-order valence-electron chi connectivity index (χ4n) is 2.24. The van der Waals surface area contributed by atoms with Crippen LogP contribution in [0, 0.1) is 12.7 Å². The van der Waals surface area contributed by atoms with Crippen LogP contribution in [0.1, 0.15) is 24.3 Å². The second kappa shape index (κ2) is 6.13. The topological polar surface area (TPSA) is 65.7 Å². The maximum Gasteiger partial charge on any atom is 0.317 e. The summed E-state index contributed by atoms with van der Waals surface area (Å²) in [5.41, 5.74) is 1.40. The molecule has 0 fully saturated rings. The standard InChI is InChI=1S/C15H19FN2O3/c1-9-12-8-11(16)4-5-13(12)21-14(9)10(2)17-15(20)18(3)6-7-19/h4-5,8,10,19H,6-7H2,1-3H3,(H,17,20). The number of fused-ring (bicyclic) bond motifs is 1. The van der Waals surface area contributed by atoms with Gasteiger partial charge in [0, 0.05) is 24.5 Å². The Morgan fingerprint density at radius 2 is 2.24 bits per heavy atom. The zero-order valence-electron chi connectivity index (χ0n) is 12.3. The maximum absolute atomic E-state index is 13.3. The fourth-order valence-corrected chi connectivity index (χ4v) is 2.24. The van der Waals surface area contributed by atoms with Crippen molar-refractivity contribution in [3.63, 3.8) is 0 Å². The lowest BCUT2D eigenvalue weighted by Crippen LogP contribution is -2.39. The summed E-state index contributed by atoms with van der Waals surface area (Å²) in [4.78, 5) is 13.3. The molecule has 0 aliphatic rings. The molecule has 0 aliphatic heterocycles. The van der Waals surface area contributed by atoms with Crippen molar-refractivity contribution in [2.24, 2.45) is 0 Å². The summed E-state index contributed by atoms with van der Waals surface area (Å²) in [6.07, 6.45) is 0. The highest BCUT2D eigenvalue weighted by Gasteiger charge is 2.20. The Bertz CT molecular complexity index is 654. The average molecular weight is 294 g/mol. The van der Waals surface area contributed by atoms with Crippen molar-refractivity contribution < 1.29 is 18.7 Å². The molecule has 114 valence electrons. The quantitative estimate of drug-likeness (QED) is 0.911. The van der Waals surface area contributed by atoms with E-state index in [0.717, 1.165) is 5.56 Å². The number of aliphatic hydroxyl groups excluding tert-OH is 1. The van der Waals surface area contributed by atoms with E-state index in [1.165, 1.54) is 17.0 Å². The zero-order chi connectivity index (χ0) is 15.6. The highest BCUT2D eigenvalue weighted by molar-refractivity contribution is 5.82. The highest BCUT2D eigenvalue weighted by Crippen LogP contribution is 2.29. The van der Waals surface area contributed by atoms with Gasteiger partial charge >= 0.3 is 6.03 Å². The van der Waals surface area contributed by atoms with Crippen molar-refractivity contribution >= 4 is 17.0 Å². The van der Waals surface area contributed by atoms with Crippen LogP contribution in [0.4, 0.5) is 9.18 Å². The molecule has 6 heteroatoms. The number of nitrogens with zero attached hydrogens (tertiary/aromatic N) is 1. The van der Waals surface area contributed by atoms with Crippen LogP contribution in [0.25, 0.3) is 11.0 Å². The van der Waals surface area contributed by atoms with E-state index in [2.05, 4.69) is 5.32 Å². The summed E-state index contributed by atoms with van der Waals surface area (Å²) in [6.45, 7) is 3.79. The van der Waals surface area contributed by atoms with Gasteiger partial charge in [-0.2, -0.15) is 0 Å². The minimum atomic E-state index is -0.353. The molecule has 2 N–H and O–H groups in total. The van der Waals surface area contributed by atoms with Gasteiger partial charge in [-0.15, -0.1) is 0 Å². The predicted molar refractivity (Wildman–Crippen MR) is 77.6 cm³/mol. The van der Waals surface area contributed by atoms with Gasteiger partial charge in [-0.3, -0.25) is 0 Å². The Morgan fingerprint density at radius 3 is 2.90 bits per heavy atom. The van der Waals surface area contributed by atoms with Crippen LogP contribution in [0.15, 0.2) is 22.6 Å². The van der Waals surface area contributed by atoms with E-state index in [9.17, 15) is 9.18 Å². The van der Waals surface area contributed by atoms with Crippen LogP contribution in [0.2, 0.25) is 0 Å². The monoisotopic (exact) mass is 294 g/mol. The molecule has 1 heterocycles. The Morgan fingerprint density at radius 1 is 1.52 bits per heavy atom. The SMILES string of the molecule is Cc1c(C(C)NC(=O)N(C)CCO)oc2ccc(F)cc12. The van der Waals surface area contributed by atoms with Gasteiger partial charge in [-0.1, -0.05) is 0 Å². The van der Waals surface area contributed by atoms with E-state index in [1.807, 2.05) is 6.92 Å². The van der Waals surface area contributed by atoms with E-state index in [0.29, 0.717) is 16.7 Å². The molecule has 1 unspecified atom stereocenters. The molecular formula is C15H19FN2O3. The maximum atomic E-state index is 13.3. The Balaban J connectivity index is 2.21. The van der Waals surface area contributed by atoms with Gasteiger partial charge in [0.2, 0.25) is 0 Å². The second-order valence-electron chi connectivity index (χ2n) is 5.05. The van der Waals surface area contributed by atoms with Gasteiger partial charge in [0.1, 0.15) is 17.2 Å². The number of benzene rings is 1. The first-order valence-corrected chi connectivity index (χ1v) is 6.75. The molecule has 1 aromatic carbocycles. The predicted octanol–water partition coefficient (Wildman–Crippen LogP) is 2.58. The average Bonchev–Trinajstić information content (AvgIpc) is 2.76. The van der Waals surface area contributed by atoms with Crippen molar-refractivity contribution in [2.75, 3.05) is 20.2 Å². The summed E-state index contributed by atoms with van der Waals surface area (Å²) in [7, 11) is 1.60. The van der Waals surface area contributed by atoms with Gasteiger partial charge in [-0.05, 0) is 32.0 Å². The molecule has 0 saturated carbocycles. The summed E-state index contributed by atoms with van der Waals surface area (Å²) >= 11 is 0. The second-order valence-corrected chi connectivity index (χ2v) is 5.05. The number of hydrogen-bond donors (Lipinski definition) is 2. The number of likely N-dealkylation sites (N-methyl/N-ethyl adjacent to an activating group) is 1. The molecule has 0 radical (unpaired) electrons. The molecule has 1 atom stereocenters. The number of amides is 2. The van der Waals surface area contributed by atoms with Crippen molar-refractivity contribution in [1.29, 1.82) is 0 Å². The van der Waals surface area contributed by atoms with Crippen LogP contribution in [-0.4, -0.2) is 36.2 Å². The number of rotatable bonds is 4. The van der Waals surface area contributed by atoms with Crippen molar-refractivity contribution in [1.82, 2.24) is 10.2 Å². The van der Waals surface area contributed by atoms with Crippen molar-refractivity contribution in [2.45, 2.75) is 19.9 Å². The van der Waals surface area contributed by atoms with Crippen LogP contribution in [0.5, 0.6) is 0 Å². The molecule has 2 rings (SSSR count). The van der Waals surface area contributed by atoms with Gasteiger partial charge < -0.3 is 19.7 Å². The fraction of sp³-hybridized carbons (Fsp3) is 0.400. The van der Waals surface area contributed by atoms with Gasteiger partial charge in [0.05, 0.1) is 12.6 Å². The molecule has 0 aliphatic carbocycles. The number of carbonyl (C=O) groups is 1. The third kappa shape index (κ3) is 3.16. The Kier molecular flexibility index (Phi) is 4.47. The zero-order valence-corrected chi connectivity index (χ0v) is 12.3. The minimum absolute atomic E-state index is 0.0960. The van der Waals surface area contributed by atoms with Gasteiger partial charge in [-0.25, -0.2) is 9.18 Å². The lowest BCUT2D eigenvalue weighted by atomic mass is 10.1. The van der Waals surface area contributed by atoms with E-state index in [-0.39, 0.29) is 31.0 Å². The number of aryl methyl sites for hydroxylation is 1. The number of halogens is 1. The number of aliphatic hydroxyl groups is 1. The molecule has 2 amide bonds. The molecule has 2 aromatic rings. The van der Waals surface area contributed by atoms with Crippen molar-refractivity contribution in [3.05, 3.63) is 35.3 Å². The third-order valence-corrected chi connectivity index (χ3v) is 3.45. The summed E-state index contributed by atoms with van der Waals surface area (Å²) in [5.74, 6) is 0.277. The lowest BCUT2D eigenvalue weighted by molar-refractivity contribution is 0.186. The highest BCUT2D eigenvalue weighted by atomic mass is 19.1. The first-order chi connectivity index (χ1) is 9.93. The molecule has 5 nitrogen and oxygen atoms in total. The van der Waals surface area contributed by atoms with Crippen LogP contribution < -0.4 is 5.32 Å². The van der Waals surface area contributed by atoms with E-state index < -0.39 is 0 Å². The molecule has 0 bridgehead atoms. The van der Waals surface area contributed by atoms with Crippen LogP contribution in [0.3, 0.4) is 0 Å². The largest absolute Gasteiger partial charge is 0.459 e. The number of nitrogens with one attached hydrogen (secondary N) is 1. The molecule has 1 aromatic heterocycles. The molecular weight excluding hydrogens is 275 g/mol. The van der Waals surface area contributed by atoms with Gasteiger partial charge in [0.15, 0.2) is 0 Å². The van der Waals surface area contributed by atoms with E-state index in [1.54, 1.807) is 20.0 Å². The van der Waals surface area contributed by atoms with E-state index >= 15 is 0 Å². The normalized spacial score (nSPS) is 12.4. The first kappa shape index (κ1) is 15.3. The summed E-state index contributed by atoms with van der Waals surface area (Å²) in [6, 6.07) is 3.68. The first-order valence-electron chi connectivity index (χ1n) is 6.75. The molecule has 21 heavy (non-hydrogen) atoms. The Labute approximate surface area is 122 Å².